The van der Waals surface area contributed by atoms with Crippen molar-refractivity contribution in [2.45, 2.75) is 31.6 Å². The fraction of sp³-hybridized carbons (Fsp3) is 0.109. The average molecular weight is 765 g/mol. The second kappa shape index (κ2) is 16.4. The van der Waals surface area contributed by atoms with Gasteiger partial charge in [-0.05, 0) is 109 Å². The molecular formula is C55H48N4. The van der Waals surface area contributed by atoms with Crippen LogP contribution >= 0.6 is 0 Å². The van der Waals surface area contributed by atoms with E-state index in [9.17, 15) is 0 Å². The lowest BCUT2D eigenvalue weighted by molar-refractivity contribution is 0.778. The van der Waals surface area contributed by atoms with Crippen molar-refractivity contribution in [1.29, 1.82) is 5.41 Å². The van der Waals surface area contributed by atoms with Gasteiger partial charge in [0, 0.05) is 62.5 Å². The van der Waals surface area contributed by atoms with Crippen LogP contribution in [0, 0.1) is 11.3 Å². The third-order valence-electron chi connectivity index (χ3n) is 11.7. The maximum Gasteiger partial charge on any atom is 0.0541 e. The first-order valence-electron chi connectivity index (χ1n) is 20.5. The van der Waals surface area contributed by atoms with E-state index in [2.05, 4.69) is 204 Å². The van der Waals surface area contributed by atoms with Crippen molar-refractivity contribution in [2.24, 2.45) is 5.92 Å². The topological polar surface area (TPSA) is 37.0 Å². The molecule has 2 unspecified atom stereocenters. The fourth-order valence-electron chi connectivity index (χ4n) is 8.57. The molecule has 0 radical (unpaired) electrons. The van der Waals surface area contributed by atoms with E-state index in [4.69, 9.17) is 5.41 Å². The maximum absolute atomic E-state index is 8.91. The number of hydrogen-bond acceptors (Lipinski definition) is 2. The zero-order chi connectivity index (χ0) is 40.3. The van der Waals surface area contributed by atoms with Crippen molar-refractivity contribution in [3.05, 3.63) is 236 Å². The van der Waals surface area contributed by atoms with Crippen molar-refractivity contribution in [3.63, 3.8) is 0 Å². The predicted octanol–water partition coefficient (Wildman–Crippen LogP) is 14.2. The van der Waals surface area contributed by atoms with Crippen LogP contribution in [0.5, 0.6) is 0 Å². The molecule has 4 heteroatoms. The molecule has 59 heavy (non-hydrogen) atoms. The zero-order valence-electron chi connectivity index (χ0n) is 33.3. The summed E-state index contributed by atoms with van der Waals surface area (Å²) in [6, 6.07) is 52.0. The molecule has 2 atom stereocenters. The number of rotatable bonds is 13. The first kappa shape index (κ1) is 37.4. The quantitative estimate of drug-likeness (QED) is 0.117. The molecule has 1 N–H and O–H groups in total. The predicted molar refractivity (Wildman–Crippen MR) is 250 cm³/mol. The molecule has 2 aliphatic rings. The minimum absolute atomic E-state index is 0.133. The molecule has 0 fully saturated rings. The van der Waals surface area contributed by atoms with E-state index in [1.807, 2.05) is 18.2 Å². The van der Waals surface area contributed by atoms with Gasteiger partial charge in [-0.1, -0.05) is 141 Å². The van der Waals surface area contributed by atoms with Crippen molar-refractivity contribution in [3.8, 4) is 22.6 Å². The number of fused-ring (bicyclic) bond motifs is 2. The normalized spacial score (nSPS) is 16.1. The Labute approximate surface area is 347 Å². The van der Waals surface area contributed by atoms with Gasteiger partial charge in [0.05, 0.1) is 16.7 Å². The van der Waals surface area contributed by atoms with E-state index in [1.54, 1.807) is 0 Å². The van der Waals surface area contributed by atoms with Gasteiger partial charge in [0.25, 0.3) is 0 Å². The molecule has 288 valence electrons. The molecule has 4 nitrogen and oxygen atoms in total. The molecule has 0 saturated carbocycles. The van der Waals surface area contributed by atoms with Crippen LogP contribution in [0.15, 0.2) is 230 Å². The van der Waals surface area contributed by atoms with Crippen LogP contribution in [0.4, 0.5) is 5.69 Å². The van der Waals surface area contributed by atoms with Crippen LogP contribution in [0.1, 0.15) is 37.3 Å². The lowest BCUT2D eigenvalue weighted by atomic mass is 9.88. The summed E-state index contributed by atoms with van der Waals surface area (Å²) in [5, 5.41) is 11.4. The van der Waals surface area contributed by atoms with Crippen molar-refractivity contribution in [2.75, 3.05) is 4.90 Å². The second-order valence-corrected chi connectivity index (χ2v) is 15.5. The van der Waals surface area contributed by atoms with Gasteiger partial charge in [0.1, 0.15) is 0 Å². The molecule has 0 aliphatic heterocycles. The minimum atomic E-state index is 0.133. The van der Waals surface area contributed by atoms with Gasteiger partial charge in [-0.25, -0.2) is 0 Å². The maximum atomic E-state index is 8.91. The summed E-state index contributed by atoms with van der Waals surface area (Å²) in [5.74, 6) is 0.330. The summed E-state index contributed by atoms with van der Waals surface area (Å²) in [4.78, 5) is 2.30. The summed E-state index contributed by atoms with van der Waals surface area (Å²) in [6.07, 6.45) is 17.9. The Morgan fingerprint density at radius 3 is 1.95 bits per heavy atom. The van der Waals surface area contributed by atoms with Gasteiger partial charge in [-0.15, -0.1) is 0 Å². The molecule has 7 aromatic rings. The Hall–Kier alpha value is -7.17. The summed E-state index contributed by atoms with van der Waals surface area (Å²) < 4.78 is 4.75. The summed E-state index contributed by atoms with van der Waals surface area (Å²) in [6.45, 7) is 13.3. The minimum Gasteiger partial charge on any atom is -0.315 e. The van der Waals surface area contributed by atoms with E-state index >= 15 is 0 Å². The van der Waals surface area contributed by atoms with Crippen molar-refractivity contribution in [1.82, 2.24) is 9.13 Å². The van der Waals surface area contributed by atoms with Crippen LogP contribution in [0.3, 0.4) is 0 Å². The Kier molecular flexibility index (Phi) is 10.4. The summed E-state index contributed by atoms with van der Waals surface area (Å²) >= 11 is 0. The van der Waals surface area contributed by atoms with E-state index in [0.717, 1.165) is 51.6 Å². The van der Waals surface area contributed by atoms with Gasteiger partial charge < -0.3 is 19.4 Å². The van der Waals surface area contributed by atoms with Crippen molar-refractivity contribution >= 4 is 33.2 Å². The fourth-order valence-corrected chi connectivity index (χ4v) is 8.57. The molecule has 2 heterocycles. The van der Waals surface area contributed by atoms with Gasteiger partial charge in [-0.2, -0.15) is 0 Å². The number of para-hydroxylation sites is 4. The largest absolute Gasteiger partial charge is 0.315 e. The summed E-state index contributed by atoms with van der Waals surface area (Å²) in [7, 11) is 0. The van der Waals surface area contributed by atoms with E-state index in [1.165, 1.54) is 33.2 Å². The lowest BCUT2D eigenvalue weighted by Crippen LogP contribution is -2.22. The standard InChI is InChI=1S/C55H48N4/c1-39-16-10-11-17-44(39)36-51(56)40(2)26-27-41(3)57(49-32-28-42(29-33-49)54-37-45-18-12-14-24-52(45)58(54)47-20-6-4-7-21-47)50-34-30-43(31-35-50)55-38-46-19-13-15-25-53(46)59(55)48-22-8-5-9-23-48/h4-25,28-30,32-35,37-38,43-44,56H,1-3,26-27,31,36H2. The Balaban J connectivity index is 1.03. The highest BCUT2D eigenvalue weighted by Crippen LogP contribution is 2.38. The van der Waals surface area contributed by atoms with E-state index in [-0.39, 0.29) is 11.8 Å². The van der Waals surface area contributed by atoms with Crippen LogP contribution in [0.25, 0.3) is 44.4 Å². The Morgan fingerprint density at radius 2 is 1.29 bits per heavy atom. The molecule has 0 bridgehead atoms. The first-order chi connectivity index (χ1) is 28.9. The highest BCUT2D eigenvalue weighted by molar-refractivity contribution is 5.97. The number of hydrogen-bond donors (Lipinski definition) is 1. The average Bonchev–Trinajstić information content (AvgIpc) is 3.87. The Morgan fingerprint density at radius 1 is 0.661 bits per heavy atom. The van der Waals surface area contributed by atoms with E-state index < -0.39 is 0 Å². The highest BCUT2D eigenvalue weighted by atomic mass is 15.2. The number of nitrogens with zero attached hydrogens (tertiary/aromatic N) is 3. The molecule has 0 saturated heterocycles. The summed E-state index contributed by atoms with van der Waals surface area (Å²) in [5.41, 5.74) is 13.8. The highest BCUT2D eigenvalue weighted by Gasteiger charge is 2.23. The molecule has 2 aliphatic carbocycles. The van der Waals surface area contributed by atoms with Crippen LogP contribution in [-0.2, 0) is 0 Å². The third-order valence-corrected chi connectivity index (χ3v) is 11.7. The number of benzene rings is 5. The lowest BCUT2D eigenvalue weighted by Gasteiger charge is -2.31. The zero-order valence-corrected chi connectivity index (χ0v) is 33.3. The van der Waals surface area contributed by atoms with Gasteiger partial charge in [0.2, 0.25) is 0 Å². The number of anilines is 1. The van der Waals surface area contributed by atoms with Crippen LogP contribution in [0.2, 0.25) is 0 Å². The first-order valence-corrected chi connectivity index (χ1v) is 20.5. The van der Waals surface area contributed by atoms with E-state index in [0.29, 0.717) is 25.0 Å². The third kappa shape index (κ3) is 7.53. The van der Waals surface area contributed by atoms with Crippen LogP contribution in [-0.4, -0.2) is 14.8 Å². The van der Waals surface area contributed by atoms with Gasteiger partial charge >= 0.3 is 0 Å². The molecule has 2 aromatic heterocycles. The van der Waals surface area contributed by atoms with Crippen molar-refractivity contribution < 1.29 is 0 Å². The number of allylic oxidation sites excluding steroid dienone is 10. The second-order valence-electron chi connectivity index (χ2n) is 15.5. The molecule has 0 spiro atoms. The molecule has 5 aromatic carbocycles. The Bertz CT molecular complexity index is 2840. The monoisotopic (exact) mass is 764 g/mol. The number of aromatic nitrogens is 2. The molecular weight excluding hydrogens is 717 g/mol. The van der Waals surface area contributed by atoms with Gasteiger partial charge in [0.15, 0.2) is 0 Å². The van der Waals surface area contributed by atoms with Gasteiger partial charge in [-0.3, -0.25) is 0 Å². The van der Waals surface area contributed by atoms with Crippen LogP contribution < -0.4 is 4.90 Å². The molecule has 0 amide bonds. The smallest absolute Gasteiger partial charge is 0.0541 e. The SMILES string of the molecule is C=C(CCC(=C)N(C1=CCC(c2cc3ccccc3n2-c2ccccc2)C=C1)c1ccc(-c2cc3ccccc3n2-c2ccccc2)cc1)C(=N)CC1C=CC=CC1=C. The number of nitrogens with one attached hydrogen (secondary N) is 1. The molecule has 9 rings (SSSR count).